The molecule has 0 unspecified atom stereocenters. The van der Waals surface area contributed by atoms with Gasteiger partial charge in [-0.15, -0.1) is 0 Å². The van der Waals surface area contributed by atoms with Gasteiger partial charge < -0.3 is 14.4 Å². The molecule has 0 aromatic heterocycles. The molecule has 2 aliphatic heterocycles. The zero-order chi connectivity index (χ0) is 18.0. The number of benzene rings is 1. The number of amides is 1. The van der Waals surface area contributed by atoms with Gasteiger partial charge >= 0.3 is 0 Å². The number of rotatable bonds is 3. The largest absolute Gasteiger partial charge is 0.373 e. The summed E-state index contributed by atoms with van der Waals surface area (Å²) in [6.07, 6.45) is 0.736. The van der Waals surface area contributed by atoms with Crippen molar-refractivity contribution in [3.05, 3.63) is 35.4 Å². The first kappa shape index (κ1) is 18.4. The monoisotopic (exact) mass is 346 g/mol. The number of nitrogens with zero attached hydrogens (tertiary/aromatic N) is 2. The van der Waals surface area contributed by atoms with Crippen LogP contribution in [0.2, 0.25) is 0 Å². The van der Waals surface area contributed by atoms with E-state index < -0.39 is 0 Å². The lowest BCUT2D eigenvalue weighted by molar-refractivity contribution is -0.0704. The van der Waals surface area contributed by atoms with Crippen LogP contribution in [-0.2, 0) is 16.0 Å². The molecule has 138 valence electrons. The van der Waals surface area contributed by atoms with Crippen LogP contribution in [0.15, 0.2) is 24.3 Å². The highest BCUT2D eigenvalue weighted by atomic mass is 16.5. The summed E-state index contributed by atoms with van der Waals surface area (Å²) < 4.78 is 11.5. The Hall–Kier alpha value is -1.43. The number of carbonyl (C=O) groups excluding carboxylic acids is 1. The molecule has 3 rings (SSSR count). The van der Waals surface area contributed by atoms with Crippen LogP contribution >= 0.6 is 0 Å². The van der Waals surface area contributed by atoms with Gasteiger partial charge in [0.25, 0.3) is 5.91 Å². The normalized spacial score (nSPS) is 31.1. The Morgan fingerprint density at radius 3 is 1.88 bits per heavy atom. The molecule has 2 aliphatic rings. The molecule has 1 amide bonds. The van der Waals surface area contributed by atoms with E-state index in [1.165, 1.54) is 5.56 Å². The quantitative estimate of drug-likeness (QED) is 0.843. The number of carbonyl (C=O) groups is 1. The van der Waals surface area contributed by atoms with Gasteiger partial charge in [0.15, 0.2) is 0 Å². The van der Waals surface area contributed by atoms with Crippen molar-refractivity contribution in [3.63, 3.8) is 0 Å². The third kappa shape index (κ3) is 4.81. The molecule has 5 nitrogen and oxygen atoms in total. The highest BCUT2D eigenvalue weighted by Gasteiger charge is 2.27. The molecular formula is C20H30N2O3. The Bertz CT molecular complexity index is 569. The molecule has 0 bridgehead atoms. The first-order valence-corrected chi connectivity index (χ1v) is 9.32. The second-order valence-electron chi connectivity index (χ2n) is 7.62. The summed E-state index contributed by atoms with van der Waals surface area (Å²) in [5.41, 5.74) is 2.00. The van der Waals surface area contributed by atoms with Crippen LogP contribution < -0.4 is 0 Å². The fourth-order valence-corrected chi connectivity index (χ4v) is 3.95. The summed E-state index contributed by atoms with van der Waals surface area (Å²) in [6.45, 7) is 12.4. The standard InChI is InChI=1S/C20H30N2O3/c1-14-9-21(10-15(2)24-14)13-18-5-7-19(8-6-18)20(23)22-11-16(3)25-17(4)12-22/h5-8,14-17H,9-13H2,1-4H3/t14-,15+,16-,17-/m0/s1. The van der Waals surface area contributed by atoms with Crippen molar-refractivity contribution in [1.82, 2.24) is 9.80 Å². The number of hydrogen-bond acceptors (Lipinski definition) is 4. The Balaban J connectivity index is 1.61. The zero-order valence-electron chi connectivity index (χ0n) is 15.8. The van der Waals surface area contributed by atoms with Gasteiger partial charge in [0.05, 0.1) is 24.4 Å². The van der Waals surface area contributed by atoms with E-state index in [0.717, 1.165) is 25.2 Å². The fourth-order valence-electron chi connectivity index (χ4n) is 3.95. The number of ether oxygens (including phenoxy) is 2. The van der Waals surface area contributed by atoms with Gasteiger partial charge in [0, 0.05) is 38.3 Å². The van der Waals surface area contributed by atoms with E-state index in [0.29, 0.717) is 13.1 Å². The maximum atomic E-state index is 12.7. The van der Waals surface area contributed by atoms with Crippen LogP contribution in [-0.4, -0.2) is 66.3 Å². The molecule has 0 spiro atoms. The molecule has 2 heterocycles. The van der Waals surface area contributed by atoms with Crippen molar-refractivity contribution in [2.24, 2.45) is 0 Å². The molecule has 25 heavy (non-hydrogen) atoms. The maximum absolute atomic E-state index is 12.7. The van der Waals surface area contributed by atoms with Crippen LogP contribution in [0, 0.1) is 0 Å². The lowest BCUT2D eigenvalue weighted by Gasteiger charge is -2.35. The Kier molecular flexibility index (Phi) is 5.77. The van der Waals surface area contributed by atoms with E-state index in [4.69, 9.17) is 9.47 Å². The van der Waals surface area contributed by atoms with E-state index in [9.17, 15) is 4.79 Å². The summed E-state index contributed by atoms with van der Waals surface area (Å²) in [5, 5.41) is 0. The molecule has 0 saturated carbocycles. The van der Waals surface area contributed by atoms with Crippen molar-refractivity contribution in [1.29, 1.82) is 0 Å². The second kappa shape index (κ2) is 7.85. The third-order valence-electron chi connectivity index (χ3n) is 4.81. The predicted molar refractivity (Wildman–Crippen MR) is 97.6 cm³/mol. The predicted octanol–water partition coefficient (Wildman–Crippen LogP) is 2.55. The zero-order valence-corrected chi connectivity index (χ0v) is 15.8. The van der Waals surface area contributed by atoms with E-state index in [2.05, 4.69) is 30.9 Å². The summed E-state index contributed by atoms with van der Waals surface area (Å²) >= 11 is 0. The molecular weight excluding hydrogens is 316 g/mol. The molecule has 2 fully saturated rings. The lowest BCUT2D eigenvalue weighted by atomic mass is 10.1. The van der Waals surface area contributed by atoms with Gasteiger partial charge in [-0.3, -0.25) is 9.69 Å². The van der Waals surface area contributed by atoms with Crippen molar-refractivity contribution in [2.45, 2.75) is 58.7 Å². The van der Waals surface area contributed by atoms with Crippen LogP contribution in [0.3, 0.4) is 0 Å². The van der Waals surface area contributed by atoms with Crippen molar-refractivity contribution >= 4 is 5.91 Å². The highest BCUT2D eigenvalue weighted by Crippen LogP contribution is 2.17. The van der Waals surface area contributed by atoms with Crippen molar-refractivity contribution in [3.8, 4) is 0 Å². The minimum atomic E-state index is 0.0947. The van der Waals surface area contributed by atoms with Gasteiger partial charge in [-0.1, -0.05) is 12.1 Å². The summed E-state index contributed by atoms with van der Waals surface area (Å²) in [7, 11) is 0. The van der Waals surface area contributed by atoms with Crippen molar-refractivity contribution < 1.29 is 14.3 Å². The van der Waals surface area contributed by atoms with Gasteiger partial charge in [-0.25, -0.2) is 0 Å². The minimum Gasteiger partial charge on any atom is -0.373 e. The topological polar surface area (TPSA) is 42.0 Å². The van der Waals surface area contributed by atoms with E-state index in [-0.39, 0.29) is 30.3 Å². The average Bonchev–Trinajstić information content (AvgIpc) is 2.53. The van der Waals surface area contributed by atoms with Crippen LogP contribution in [0.4, 0.5) is 0 Å². The second-order valence-corrected chi connectivity index (χ2v) is 7.62. The molecule has 0 aliphatic carbocycles. The molecule has 1 aromatic rings. The van der Waals surface area contributed by atoms with Gasteiger partial charge in [0.1, 0.15) is 0 Å². The van der Waals surface area contributed by atoms with Crippen LogP contribution in [0.5, 0.6) is 0 Å². The Morgan fingerprint density at radius 2 is 1.36 bits per heavy atom. The smallest absolute Gasteiger partial charge is 0.254 e. The molecule has 1 aromatic carbocycles. The van der Waals surface area contributed by atoms with Crippen molar-refractivity contribution in [2.75, 3.05) is 26.2 Å². The van der Waals surface area contributed by atoms with Crippen LogP contribution in [0.25, 0.3) is 0 Å². The Labute approximate surface area is 150 Å². The third-order valence-corrected chi connectivity index (χ3v) is 4.81. The SMILES string of the molecule is C[C@@H]1CN(Cc2ccc(C(=O)N3C[C@H](C)O[C@@H](C)C3)cc2)C[C@H](C)O1. The fraction of sp³-hybridized carbons (Fsp3) is 0.650. The van der Waals surface area contributed by atoms with Gasteiger partial charge in [-0.05, 0) is 45.4 Å². The Morgan fingerprint density at radius 1 is 0.880 bits per heavy atom. The van der Waals surface area contributed by atoms with Gasteiger partial charge in [-0.2, -0.15) is 0 Å². The lowest BCUT2D eigenvalue weighted by Crippen LogP contribution is -2.48. The molecule has 5 heteroatoms. The molecule has 0 N–H and O–H groups in total. The van der Waals surface area contributed by atoms with E-state index in [1.807, 2.05) is 30.9 Å². The molecule has 0 radical (unpaired) electrons. The minimum absolute atomic E-state index is 0.0947. The number of hydrogen-bond donors (Lipinski definition) is 0. The first-order chi connectivity index (χ1) is 11.9. The summed E-state index contributed by atoms with van der Waals surface area (Å²) in [5.74, 6) is 0.0992. The maximum Gasteiger partial charge on any atom is 0.254 e. The number of morpholine rings is 2. The first-order valence-electron chi connectivity index (χ1n) is 9.32. The average molecular weight is 346 g/mol. The molecule has 2 saturated heterocycles. The van der Waals surface area contributed by atoms with Crippen LogP contribution in [0.1, 0.15) is 43.6 Å². The van der Waals surface area contributed by atoms with E-state index in [1.54, 1.807) is 0 Å². The summed E-state index contributed by atoms with van der Waals surface area (Å²) in [4.78, 5) is 17.0. The van der Waals surface area contributed by atoms with Gasteiger partial charge in [0.2, 0.25) is 0 Å². The summed E-state index contributed by atoms with van der Waals surface area (Å²) in [6, 6.07) is 8.06. The molecule has 4 atom stereocenters. The van der Waals surface area contributed by atoms with E-state index >= 15 is 0 Å². The highest BCUT2D eigenvalue weighted by molar-refractivity contribution is 5.94.